The van der Waals surface area contributed by atoms with Gasteiger partial charge in [-0.2, -0.15) is 0 Å². The summed E-state index contributed by atoms with van der Waals surface area (Å²) in [4.78, 5) is 31.3. The molecule has 1 aliphatic rings. The molecule has 2 heterocycles. The Morgan fingerprint density at radius 2 is 1.76 bits per heavy atom. The van der Waals surface area contributed by atoms with Crippen LogP contribution in [0.1, 0.15) is 40.4 Å². The van der Waals surface area contributed by atoms with Crippen LogP contribution in [0, 0.1) is 0 Å². The number of fused-ring (bicyclic) bond motifs is 1. The van der Waals surface area contributed by atoms with E-state index in [9.17, 15) is 9.59 Å². The molecule has 2 amide bonds. The Balaban J connectivity index is 1.49. The van der Waals surface area contributed by atoms with E-state index < -0.39 is 5.91 Å². The number of likely N-dealkylation sites (tertiary alicyclic amines) is 1. The predicted octanol–water partition coefficient (Wildman–Crippen LogP) is 3.94. The molecule has 4 rings (SSSR count). The number of nitrogens with two attached hydrogens (primary N) is 1. The summed E-state index contributed by atoms with van der Waals surface area (Å²) in [5.41, 5.74) is 8.55. The molecule has 29 heavy (non-hydrogen) atoms. The van der Waals surface area contributed by atoms with Crippen molar-refractivity contribution < 1.29 is 9.59 Å². The van der Waals surface area contributed by atoms with Gasteiger partial charge in [0, 0.05) is 29.4 Å². The van der Waals surface area contributed by atoms with Crippen LogP contribution in [0.25, 0.3) is 10.9 Å². The fourth-order valence-electron chi connectivity index (χ4n) is 3.96. The number of hydrogen-bond acceptors (Lipinski definition) is 3. The molecular formula is C23H22ClN3O2. The first-order valence-corrected chi connectivity index (χ1v) is 10.1. The Morgan fingerprint density at radius 1 is 1.07 bits per heavy atom. The van der Waals surface area contributed by atoms with E-state index in [0.29, 0.717) is 30.1 Å². The molecule has 0 radical (unpaired) electrons. The van der Waals surface area contributed by atoms with E-state index in [1.165, 1.54) is 0 Å². The highest BCUT2D eigenvalue weighted by Gasteiger charge is 2.28. The second-order valence-electron chi connectivity index (χ2n) is 7.40. The SMILES string of the molecule is NC(=O)c1cc2ccccc2nc1C1CCN(C(=O)Cc2ccccc2Cl)CC1. The molecule has 0 saturated carbocycles. The van der Waals surface area contributed by atoms with Crippen LogP contribution in [-0.4, -0.2) is 34.8 Å². The van der Waals surface area contributed by atoms with Crippen LogP contribution in [0.5, 0.6) is 0 Å². The van der Waals surface area contributed by atoms with Gasteiger partial charge in [0.25, 0.3) is 5.91 Å². The van der Waals surface area contributed by atoms with Crippen molar-refractivity contribution in [2.45, 2.75) is 25.2 Å². The summed E-state index contributed by atoms with van der Waals surface area (Å²) >= 11 is 6.18. The van der Waals surface area contributed by atoms with Gasteiger partial charge in [0.05, 0.1) is 23.2 Å². The molecule has 0 bridgehead atoms. The van der Waals surface area contributed by atoms with E-state index >= 15 is 0 Å². The van der Waals surface area contributed by atoms with Crippen LogP contribution < -0.4 is 5.73 Å². The standard InChI is InChI=1S/C23H22ClN3O2/c24-19-7-3-1-5-16(19)14-21(28)27-11-9-15(10-12-27)22-18(23(25)29)13-17-6-2-4-8-20(17)26-22/h1-8,13,15H,9-12,14H2,(H2,25,29). The van der Waals surface area contributed by atoms with E-state index in [-0.39, 0.29) is 11.8 Å². The highest BCUT2D eigenvalue weighted by molar-refractivity contribution is 6.31. The van der Waals surface area contributed by atoms with E-state index in [1.54, 1.807) is 6.07 Å². The van der Waals surface area contributed by atoms with Gasteiger partial charge in [0.2, 0.25) is 5.91 Å². The van der Waals surface area contributed by atoms with Gasteiger partial charge in [-0.05, 0) is 36.6 Å². The molecule has 1 aromatic heterocycles. The second kappa shape index (κ2) is 8.21. The van der Waals surface area contributed by atoms with E-state index in [1.807, 2.05) is 53.4 Å². The van der Waals surface area contributed by atoms with Gasteiger partial charge in [-0.25, -0.2) is 0 Å². The largest absolute Gasteiger partial charge is 0.366 e. The summed E-state index contributed by atoms with van der Waals surface area (Å²) in [5, 5.41) is 1.51. The van der Waals surface area contributed by atoms with E-state index in [0.717, 1.165) is 35.0 Å². The molecule has 2 N–H and O–H groups in total. The number of carbonyl (C=O) groups excluding carboxylic acids is 2. The number of rotatable bonds is 4. The Kier molecular flexibility index (Phi) is 5.49. The smallest absolute Gasteiger partial charge is 0.250 e. The predicted molar refractivity (Wildman–Crippen MR) is 114 cm³/mol. The Morgan fingerprint density at radius 3 is 2.48 bits per heavy atom. The molecule has 0 spiro atoms. The number of primary amides is 1. The fourth-order valence-corrected chi connectivity index (χ4v) is 4.16. The number of para-hydroxylation sites is 1. The molecule has 0 aliphatic carbocycles. The van der Waals surface area contributed by atoms with Crippen molar-refractivity contribution in [3.63, 3.8) is 0 Å². The summed E-state index contributed by atoms with van der Waals surface area (Å²) in [7, 11) is 0. The molecule has 0 atom stereocenters. The summed E-state index contributed by atoms with van der Waals surface area (Å²) < 4.78 is 0. The molecule has 6 heteroatoms. The van der Waals surface area contributed by atoms with Crippen molar-refractivity contribution in [3.8, 4) is 0 Å². The third-order valence-corrected chi connectivity index (χ3v) is 5.92. The number of nitrogens with zero attached hydrogens (tertiary/aromatic N) is 2. The second-order valence-corrected chi connectivity index (χ2v) is 7.81. The number of benzene rings is 2. The number of halogens is 1. The number of pyridine rings is 1. The first kappa shape index (κ1) is 19.4. The molecule has 1 fully saturated rings. The summed E-state index contributed by atoms with van der Waals surface area (Å²) in [6.45, 7) is 1.25. The monoisotopic (exact) mass is 407 g/mol. The van der Waals surface area contributed by atoms with Gasteiger partial charge in [-0.1, -0.05) is 48.0 Å². The van der Waals surface area contributed by atoms with Crippen LogP contribution in [-0.2, 0) is 11.2 Å². The minimum absolute atomic E-state index is 0.0677. The molecule has 148 valence electrons. The normalized spacial score (nSPS) is 14.9. The van der Waals surface area contributed by atoms with E-state index in [2.05, 4.69) is 0 Å². The van der Waals surface area contributed by atoms with Crippen LogP contribution >= 0.6 is 11.6 Å². The first-order chi connectivity index (χ1) is 14.0. The lowest BCUT2D eigenvalue weighted by Gasteiger charge is -2.32. The lowest BCUT2D eigenvalue weighted by Crippen LogP contribution is -2.39. The lowest BCUT2D eigenvalue weighted by atomic mass is 9.89. The zero-order valence-electron chi connectivity index (χ0n) is 16.0. The zero-order valence-corrected chi connectivity index (χ0v) is 16.7. The number of hydrogen-bond donors (Lipinski definition) is 1. The molecule has 1 saturated heterocycles. The maximum atomic E-state index is 12.7. The quantitative estimate of drug-likeness (QED) is 0.711. The topological polar surface area (TPSA) is 76.3 Å². The number of amides is 2. The van der Waals surface area contributed by atoms with Crippen molar-refractivity contribution in [2.75, 3.05) is 13.1 Å². The summed E-state index contributed by atoms with van der Waals surface area (Å²) in [5.74, 6) is -0.292. The van der Waals surface area contributed by atoms with Crippen LogP contribution in [0.15, 0.2) is 54.6 Å². The molecule has 5 nitrogen and oxygen atoms in total. The Hall–Kier alpha value is -2.92. The maximum absolute atomic E-state index is 12.7. The van der Waals surface area contributed by atoms with Gasteiger partial charge < -0.3 is 10.6 Å². The van der Waals surface area contributed by atoms with Crippen LogP contribution in [0.4, 0.5) is 0 Å². The van der Waals surface area contributed by atoms with Crippen molar-refractivity contribution in [2.24, 2.45) is 5.73 Å². The summed E-state index contributed by atoms with van der Waals surface area (Å²) in [6, 6.07) is 17.0. The van der Waals surface area contributed by atoms with Gasteiger partial charge in [0.15, 0.2) is 0 Å². The average Bonchev–Trinajstić information content (AvgIpc) is 2.74. The molecule has 0 unspecified atom stereocenters. The molecule has 2 aromatic carbocycles. The third-order valence-electron chi connectivity index (χ3n) is 5.55. The fraction of sp³-hybridized carbons (Fsp3) is 0.261. The maximum Gasteiger partial charge on any atom is 0.250 e. The van der Waals surface area contributed by atoms with Crippen molar-refractivity contribution in [3.05, 3.63) is 76.4 Å². The van der Waals surface area contributed by atoms with Crippen LogP contribution in [0.2, 0.25) is 5.02 Å². The highest BCUT2D eigenvalue weighted by atomic mass is 35.5. The van der Waals surface area contributed by atoms with E-state index in [4.69, 9.17) is 22.3 Å². The van der Waals surface area contributed by atoms with Crippen molar-refractivity contribution >= 4 is 34.3 Å². The van der Waals surface area contributed by atoms with Crippen molar-refractivity contribution in [1.82, 2.24) is 9.88 Å². The number of piperidine rings is 1. The highest BCUT2D eigenvalue weighted by Crippen LogP contribution is 2.31. The van der Waals surface area contributed by atoms with Gasteiger partial charge in [-0.15, -0.1) is 0 Å². The first-order valence-electron chi connectivity index (χ1n) is 9.73. The molecular weight excluding hydrogens is 386 g/mol. The summed E-state index contributed by atoms with van der Waals surface area (Å²) in [6.07, 6.45) is 1.80. The molecule has 1 aliphatic heterocycles. The Bertz CT molecular complexity index is 1070. The van der Waals surface area contributed by atoms with Crippen LogP contribution in [0.3, 0.4) is 0 Å². The number of aromatic nitrogens is 1. The molecule has 3 aromatic rings. The lowest BCUT2D eigenvalue weighted by molar-refractivity contribution is -0.131. The van der Waals surface area contributed by atoms with Gasteiger partial charge in [-0.3, -0.25) is 14.6 Å². The minimum Gasteiger partial charge on any atom is -0.366 e. The third kappa shape index (κ3) is 4.10. The average molecular weight is 408 g/mol. The Labute approximate surface area is 174 Å². The number of carbonyl (C=O) groups is 2. The van der Waals surface area contributed by atoms with Gasteiger partial charge in [0.1, 0.15) is 0 Å². The zero-order chi connectivity index (χ0) is 20.4. The van der Waals surface area contributed by atoms with Crippen molar-refractivity contribution in [1.29, 1.82) is 0 Å². The van der Waals surface area contributed by atoms with Gasteiger partial charge >= 0.3 is 0 Å². The minimum atomic E-state index is -0.463.